The third-order valence-corrected chi connectivity index (χ3v) is 4.98. The number of sulfonamides is 1. The second-order valence-corrected chi connectivity index (χ2v) is 7.66. The Morgan fingerprint density at radius 2 is 1.83 bits per heavy atom. The fourth-order valence-electron chi connectivity index (χ4n) is 2.14. The molecule has 0 radical (unpaired) electrons. The van der Waals surface area contributed by atoms with Gasteiger partial charge in [0, 0.05) is 12.7 Å². The van der Waals surface area contributed by atoms with Crippen molar-refractivity contribution in [1.82, 2.24) is 4.31 Å². The highest BCUT2D eigenvalue weighted by Gasteiger charge is 2.30. The Balaban J connectivity index is 2.36. The van der Waals surface area contributed by atoms with Gasteiger partial charge in [-0.3, -0.25) is 4.79 Å². The molecular weight excluding hydrogens is 355 g/mol. The summed E-state index contributed by atoms with van der Waals surface area (Å²) >= 11 is 5.70. The van der Waals surface area contributed by atoms with Gasteiger partial charge in [0.25, 0.3) is 0 Å². The van der Waals surface area contributed by atoms with Gasteiger partial charge in [0.1, 0.15) is 11.9 Å². The second-order valence-electron chi connectivity index (χ2n) is 5.21. The van der Waals surface area contributed by atoms with Crippen molar-refractivity contribution in [2.75, 3.05) is 18.6 Å². The van der Waals surface area contributed by atoms with E-state index in [1.54, 1.807) is 30.3 Å². The molecule has 1 amide bonds. The number of nitrogens with one attached hydrogen (secondary N) is 1. The molecule has 2 aromatic carbocycles. The largest absolute Gasteiger partial charge is 0.324 e. The van der Waals surface area contributed by atoms with E-state index in [1.165, 1.54) is 19.2 Å². The lowest BCUT2D eigenvalue weighted by Crippen LogP contribution is -2.38. The summed E-state index contributed by atoms with van der Waals surface area (Å²) in [6.45, 7) is 0. The SMILES string of the molecule is CN([C@@H](C(=O)Nc1ccc(F)c(Cl)c1)c1ccccc1)S(C)(=O)=O. The van der Waals surface area contributed by atoms with Crippen molar-refractivity contribution in [2.24, 2.45) is 0 Å². The number of likely N-dealkylation sites (N-methyl/N-ethyl adjacent to an activating group) is 1. The monoisotopic (exact) mass is 370 g/mol. The number of carbonyl (C=O) groups excluding carboxylic acids is 1. The fraction of sp³-hybridized carbons (Fsp3) is 0.188. The molecule has 1 atom stereocenters. The summed E-state index contributed by atoms with van der Waals surface area (Å²) in [5, 5.41) is 2.43. The third kappa shape index (κ3) is 4.31. The number of amides is 1. The van der Waals surface area contributed by atoms with E-state index < -0.39 is 27.8 Å². The van der Waals surface area contributed by atoms with Crippen molar-refractivity contribution >= 4 is 33.2 Å². The van der Waals surface area contributed by atoms with Gasteiger partial charge in [-0.2, -0.15) is 4.31 Å². The van der Waals surface area contributed by atoms with Crippen LogP contribution in [0.3, 0.4) is 0 Å². The summed E-state index contributed by atoms with van der Waals surface area (Å²) in [5.74, 6) is -1.18. The van der Waals surface area contributed by atoms with E-state index in [9.17, 15) is 17.6 Å². The van der Waals surface area contributed by atoms with E-state index in [4.69, 9.17) is 11.6 Å². The predicted octanol–water partition coefficient (Wildman–Crippen LogP) is 3.05. The Kier molecular flexibility index (Phi) is 5.58. The molecule has 0 heterocycles. The first kappa shape index (κ1) is 18.4. The zero-order valence-electron chi connectivity index (χ0n) is 13.0. The van der Waals surface area contributed by atoms with Gasteiger partial charge < -0.3 is 5.32 Å². The van der Waals surface area contributed by atoms with Crippen molar-refractivity contribution in [2.45, 2.75) is 6.04 Å². The standard InChI is InChI=1S/C16H16ClFN2O3S/c1-20(24(2,22)23)15(11-6-4-3-5-7-11)16(21)19-12-8-9-14(18)13(17)10-12/h3-10,15H,1-2H3,(H,19,21)/t15-/m1/s1. The number of hydrogen-bond acceptors (Lipinski definition) is 3. The highest BCUT2D eigenvalue weighted by molar-refractivity contribution is 7.88. The number of carbonyl (C=O) groups is 1. The van der Waals surface area contributed by atoms with Gasteiger partial charge in [-0.25, -0.2) is 12.8 Å². The number of anilines is 1. The molecule has 5 nitrogen and oxygen atoms in total. The Labute approximate surface area is 145 Å². The lowest BCUT2D eigenvalue weighted by atomic mass is 10.1. The summed E-state index contributed by atoms with van der Waals surface area (Å²) in [4.78, 5) is 12.6. The van der Waals surface area contributed by atoms with Crippen LogP contribution in [0, 0.1) is 5.82 Å². The quantitative estimate of drug-likeness (QED) is 0.879. The molecule has 0 bridgehead atoms. The number of rotatable bonds is 5. The number of nitrogens with zero attached hydrogens (tertiary/aromatic N) is 1. The molecule has 0 aliphatic rings. The molecule has 0 aliphatic carbocycles. The highest BCUT2D eigenvalue weighted by Crippen LogP contribution is 2.25. The van der Waals surface area contributed by atoms with Crippen LogP contribution < -0.4 is 5.32 Å². The van der Waals surface area contributed by atoms with Crippen molar-refractivity contribution in [1.29, 1.82) is 0 Å². The Hall–Kier alpha value is -1.96. The second kappa shape index (κ2) is 7.29. The maximum Gasteiger partial charge on any atom is 0.247 e. The Bertz CT molecular complexity index is 844. The highest BCUT2D eigenvalue weighted by atomic mass is 35.5. The van der Waals surface area contributed by atoms with Gasteiger partial charge in [0.05, 0.1) is 11.3 Å². The van der Waals surface area contributed by atoms with Gasteiger partial charge in [0.2, 0.25) is 15.9 Å². The van der Waals surface area contributed by atoms with Crippen LogP contribution in [-0.4, -0.2) is 31.9 Å². The maximum absolute atomic E-state index is 13.2. The van der Waals surface area contributed by atoms with E-state index in [2.05, 4.69) is 5.32 Å². The molecule has 0 unspecified atom stereocenters. The zero-order chi connectivity index (χ0) is 17.9. The molecule has 0 saturated carbocycles. The molecule has 2 rings (SSSR count). The molecule has 0 fully saturated rings. The topological polar surface area (TPSA) is 66.5 Å². The summed E-state index contributed by atoms with van der Waals surface area (Å²) in [5.41, 5.74) is 0.783. The van der Waals surface area contributed by atoms with Crippen LogP contribution in [0.15, 0.2) is 48.5 Å². The minimum absolute atomic E-state index is 0.138. The molecule has 1 N–H and O–H groups in total. The van der Waals surface area contributed by atoms with Crippen LogP contribution in [0.5, 0.6) is 0 Å². The van der Waals surface area contributed by atoms with Crippen LogP contribution in [-0.2, 0) is 14.8 Å². The summed E-state index contributed by atoms with van der Waals surface area (Å²) < 4.78 is 37.9. The minimum atomic E-state index is -3.62. The summed E-state index contributed by atoms with van der Waals surface area (Å²) in [6, 6.07) is 11.2. The van der Waals surface area contributed by atoms with Crippen LogP contribution in [0.1, 0.15) is 11.6 Å². The first-order valence-corrected chi connectivity index (χ1v) is 9.16. The first-order chi connectivity index (χ1) is 11.2. The number of hydrogen-bond donors (Lipinski definition) is 1. The predicted molar refractivity (Wildman–Crippen MR) is 91.8 cm³/mol. The normalized spacial score (nSPS) is 12.9. The molecular formula is C16H16ClFN2O3S. The van der Waals surface area contributed by atoms with Crippen LogP contribution in [0.4, 0.5) is 10.1 Å². The van der Waals surface area contributed by atoms with E-state index in [1.807, 2.05) is 0 Å². The van der Waals surface area contributed by atoms with Crippen molar-refractivity contribution in [3.63, 3.8) is 0 Å². The van der Waals surface area contributed by atoms with Crippen molar-refractivity contribution < 1.29 is 17.6 Å². The Morgan fingerprint density at radius 1 is 1.21 bits per heavy atom. The molecule has 0 spiro atoms. The van der Waals surface area contributed by atoms with Gasteiger partial charge in [0.15, 0.2) is 0 Å². The van der Waals surface area contributed by atoms with E-state index in [0.29, 0.717) is 5.56 Å². The first-order valence-electron chi connectivity index (χ1n) is 6.94. The van der Waals surface area contributed by atoms with Gasteiger partial charge in [-0.1, -0.05) is 41.9 Å². The lowest BCUT2D eigenvalue weighted by molar-refractivity contribution is -0.119. The van der Waals surface area contributed by atoms with Gasteiger partial charge >= 0.3 is 0 Å². The average molecular weight is 371 g/mol. The molecule has 0 saturated heterocycles. The fourth-order valence-corrected chi connectivity index (χ4v) is 2.92. The van der Waals surface area contributed by atoms with E-state index >= 15 is 0 Å². The summed E-state index contributed by atoms with van der Waals surface area (Å²) in [7, 11) is -2.29. The zero-order valence-corrected chi connectivity index (χ0v) is 14.6. The van der Waals surface area contributed by atoms with E-state index in [-0.39, 0.29) is 10.7 Å². The third-order valence-electron chi connectivity index (χ3n) is 3.44. The minimum Gasteiger partial charge on any atom is -0.324 e. The van der Waals surface area contributed by atoms with Crippen LogP contribution >= 0.6 is 11.6 Å². The van der Waals surface area contributed by atoms with Crippen molar-refractivity contribution in [3.05, 3.63) is 64.9 Å². The maximum atomic E-state index is 13.2. The lowest BCUT2D eigenvalue weighted by Gasteiger charge is -2.25. The van der Waals surface area contributed by atoms with Crippen LogP contribution in [0.2, 0.25) is 5.02 Å². The van der Waals surface area contributed by atoms with Gasteiger partial charge in [-0.05, 0) is 23.8 Å². The van der Waals surface area contributed by atoms with E-state index in [0.717, 1.165) is 16.6 Å². The van der Waals surface area contributed by atoms with Crippen LogP contribution in [0.25, 0.3) is 0 Å². The molecule has 0 aliphatic heterocycles. The molecule has 128 valence electrons. The average Bonchev–Trinajstić information content (AvgIpc) is 2.51. The van der Waals surface area contributed by atoms with Crippen molar-refractivity contribution in [3.8, 4) is 0 Å². The molecule has 0 aromatic heterocycles. The molecule has 8 heteroatoms. The number of halogens is 2. The number of benzene rings is 2. The van der Waals surface area contributed by atoms with Gasteiger partial charge in [-0.15, -0.1) is 0 Å². The molecule has 24 heavy (non-hydrogen) atoms. The smallest absolute Gasteiger partial charge is 0.247 e. The molecule has 2 aromatic rings. The Morgan fingerprint density at radius 3 is 2.38 bits per heavy atom. The summed E-state index contributed by atoms with van der Waals surface area (Å²) in [6.07, 6.45) is 1.02.